The summed E-state index contributed by atoms with van der Waals surface area (Å²) < 4.78 is 5.20. The minimum Gasteiger partial charge on any atom is -0.495 e. The normalized spacial score (nSPS) is 10.2. The van der Waals surface area contributed by atoms with Crippen molar-refractivity contribution >= 4 is 28.6 Å². The lowest BCUT2D eigenvalue weighted by molar-refractivity contribution is 0.0989. The van der Waals surface area contributed by atoms with Gasteiger partial charge in [-0.15, -0.1) is 11.3 Å². The highest BCUT2D eigenvalue weighted by Crippen LogP contribution is 2.30. The number of nitrogens with two attached hydrogens (primary N) is 1. The number of para-hydroxylation sites is 2. The van der Waals surface area contributed by atoms with Crippen LogP contribution >= 0.6 is 11.3 Å². The van der Waals surface area contributed by atoms with Gasteiger partial charge in [-0.05, 0) is 30.5 Å². The second-order valence-electron chi connectivity index (χ2n) is 3.93. The maximum absolute atomic E-state index is 12.6. The lowest BCUT2D eigenvalue weighted by Gasteiger charge is -2.22. The predicted octanol–water partition coefficient (Wildman–Crippen LogP) is 3.01. The summed E-state index contributed by atoms with van der Waals surface area (Å²) in [6.07, 6.45) is 0. The number of hydrogen-bond acceptors (Lipinski definition) is 4. The number of rotatable bonds is 4. The molecule has 0 atom stereocenters. The van der Waals surface area contributed by atoms with Gasteiger partial charge in [-0.25, -0.2) is 0 Å². The van der Waals surface area contributed by atoms with E-state index >= 15 is 0 Å². The second-order valence-corrected chi connectivity index (χ2v) is 4.84. The quantitative estimate of drug-likeness (QED) is 0.873. The molecule has 1 amide bonds. The van der Waals surface area contributed by atoms with Crippen LogP contribution in [0.3, 0.4) is 0 Å². The average molecular weight is 276 g/mol. The Balaban J connectivity index is 2.38. The summed E-state index contributed by atoms with van der Waals surface area (Å²) in [5.41, 5.74) is 7.26. The number of nitrogens with zero attached hydrogens (tertiary/aromatic N) is 1. The zero-order valence-corrected chi connectivity index (χ0v) is 11.7. The van der Waals surface area contributed by atoms with Crippen LogP contribution in [-0.4, -0.2) is 19.6 Å². The Kier molecular flexibility index (Phi) is 4.06. The van der Waals surface area contributed by atoms with Gasteiger partial charge in [0.1, 0.15) is 10.6 Å². The van der Waals surface area contributed by atoms with Gasteiger partial charge in [0.05, 0.1) is 18.5 Å². The molecule has 1 heterocycles. The first kappa shape index (κ1) is 13.4. The van der Waals surface area contributed by atoms with Crippen molar-refractivity contribution in [2.75, 3.05) is 24.3 Å². The van der Waals surface area contributed by atoms with E-state index in [-0.39, 0.29) is 5.91 Å². The van der Waals surface area contributed by atoms with E-state index in [4.69, 9.17) is 10.5 Å². The Labute approximate surface area is 116 Å². The number of nitrogen functional groups attached to an aromatic ring is 1. The molecule has 0 aliphatic rings. The number of benzene rings is 1. The van der Waals surface area contributed by atoms with E-state index in [2.05, 4.69) is 0 Å². The molecule has 5 heteroatoms. The van der Waals surface area contributed by atoms with Crippen LogP contribution in [-0.2, 0) is 0 Å². The number of anilines is 2. The van der Waals surface area contributed by atoms with Gasteiger partial charge in [-0.1, -0.05) is 12.1 Å². The minimum absolute atomic E-state index is 0.0905. The largest absolute Gasteiger partial charge is 0.495 e. The van der Waals surface area contributed by atoms with Crippen LogP contribution in [0.1, 0.15) is 16.6 Å². The highest BCUT2D eigenvalue weighted by atomic mass is 32.1. The van der Waals surface area contributed by atoms with Gasteiger partial charge >= 0.3 is 0 Å². The fraction of sp³-hybridized carbons (Fsp3) is 0.214. The lowest BCUT2D eigenvalue weighted by Crippen LogP contribution is -2.30. The molecule has 0 saturated carbocycles. The molecule has 0 radical (unpaired) electrons. The molecule has 2 aromatic rings. The van der Waals surface area contributed by atoms with Crippen LogP contribution < -0.4 is 15.4 Å². The Morgan fingerprint density at radius 1 is 1.37 bits per heavy atom. The van der Waals surface area contributed by atoms with Crippen LogP contribution in [0.5, 0.6) is 5.75 Å². The second kappa shape index (κ2) is 5.75. The molecule has 0 saturated heterocycles. The number of thiophene rings is 1. The molecular formula is C14H16N2O2S. The number of carbonyl (C=O) groups excluding carboxylic acids is 1. The number of methoxy groups -OCH3 is 1. The SMILES string of the molecule is CCN(C(=O)c1sccc1OC)c1ccccc1N. The first-order valence-corrected chi connectivity index (χ1v) is 6.84. The van der Waals surface area contributed by atoms with Gasteiger partial charge < -0.3 is 15.4 Å². The summed E-state index contributed by atoms with van der Waals surface area (Å²) in [4.78, 5) is 14.8. The van der Waals surface area contributed by atoms with Gasteiger partial charge in [-0.2, -0.15) is 0 Å². The smallest absolute Gasteiger partial charge is 0.272 e. The minimum atomic E-state index is -0.0905. The van der Waals surface area contributed by atoms with Gasteiger partial charge in [-0.3, -0.25) is 4.79 Å². The Morgan fingerprint density at radius 2 is 2.11 bits per heavy atom. The number of hydrogen-bond donors (Lipinski definition) is 1. The monoisotopic (exact) mass is 276 g/mol. The Morgan fingerprint density at radius 3 is 2.74 bits per heavy atom. The molecule has 0 spiro atoms. The number of carbonyl (C=O) groups is 1. The van der Waals surface area contributed by atoms with E-state index in [1.807, 2.05) is 30.5 Å². The highest BCUT2D eigenvalue weighted by molar-refractivity contribution is 7.12. The summed E-state index contributed by atoms with van der Waals surface area (Å²) in [6.45, 7) is 2.47. The van der Waals surface area contributed by atoms with Crippen molar-refractivity contribution in [3.05, 3.63) is 40.6 Å². The molecule has 0 aliphatic carbocycles. The van der Waals surface area contributed by atoms with Crippen molar-refractivity contribution in [3.8, 4) is 5.75 Å². The average Bonchev–Trinajstić information content (AvgIpc) is 2.89. The molecular weight excluding hydrogens is 260 g/mol. The number of amides is 1. The Hall–Kier alpha value is -2.01. The van der Waals surface area contributed by atoms with E-state index in [0.717, 1.165) is 5.69 Å². The van der Waals surface area contributed by atoms with E-state index in [1.54, 1.807) is 24.1 Å². The maximum atomic E-state index is 12.6. The third-order valence-corrected chi connectivity index (χ3v) is 3.72. The molecule has 100 valence electrons. The summed E-state index contributed by atoms with van der Waals surface area (Å²) in [7, 11) is 1.56. The first-order chi connectivity index (χ1) is 9.19. The van der Waals surface area contributed by atoms with Gasteiger partial charge in [0.25, 0.3) is 5.91 Å². The molecule has 0 unspecified atom stereocenters. The zero-order valence-electron chi connectivity index (χ0n) is 10.9. The van der Waals surface area contributed by atoms with Gasteiger partial charge in [0.15, 0.2) is 0 Å². The van der Waals surface area contributed by atoms with Crippen molar-refractivity contribution < 1.29 is 9.53 Å². The summed E-state index contributed by atoms with van der Waals surface area (Å²) >= 11 is 1.37. The standard InChI is InChI=1S/C14H16N2O2S/c1-3-16(11-7-5-4-6-10(11)15)14(17)13-12(18-2)8-9-19-13/h4-9H,3,15H2,1-2H3. The van der Waals surface area contributed by atoms with Crippen molar-refractivity contribution in [3.63, 3.8) is 0 Å². The highest BCUT2D eigenvalue weighted by Gasteiger charge is 2.22. The molecule has 0 bridgehead atoms. The zero-order chi connectivity index (χ0) is 13.8. The van der Waals surface area contributed by atoms with E-state index in [1.165, 1.54) is 11.3 Å². The molecule has 0 aliphatic heterocycles. The predicted molar refractivity (Wildman–Crippen MR) is 79.1 cm³/mol. The molecule has 2 rings (SSSR count). The topological polar surface area (TPSA) is 55.6 Å². The summed E-state index contributed by atoms with van der Waals surface area (Å²) in [5.74, 6) is 0.509. The van der Waals surface area contributed by atoms with Crippen LogP contribution in [0.15, 0.2) is 35.7 Å². The first-order valence-electron chi connectivity index (χ1n) is 5.96. The number of ether oxygens (including phenoxy) is 1. The van der Waals surface area contributed by atoms with E-state index in [0.29, 0.717) is 22.9 Å². The van der Waals surface area contributed by atoms with Crippen LogP contribution in [0.4, 0.5) is 11.4 Å². The van der Waals surface area contributed by atoms with Crippen molar-refractivity contribution in [2.24, 2.45) is 0 Å². The summed E-state index contributed by atoms with van der Waals surface area (Å²) in [6, 6.07) is 9.14. The van der Waals surface area contributed by atoms with Crippen LogP contribution in [0.25, 0.3) is 0 Å². The van der Waals surface area contributed by atoms with Crippen LogP contribution in [0.2, 0.25) is 0 Å². The molecule has 19 heavy (non-hydrogen) atoms. The van der Waals surface area contributed by atoms with E-state index in [9.17, 15) is 4.79 Å². The third-order valence-electron chi connectivity index (χ3n) is 2.83. The lowest BCUT2D eigenvalue weighted by atomic mass is 10.2. The van der Waals surface area contributed by atoms with Crippen LogP contribution in [0, 0.1) is 0 Å². The molecule has 1 aromatic heterocycles. The fourth-order valence-corrected chi connectivity index (χ4v) is 2.70. The molecule has 1 aromatic carbocycles. The van der Waals surface area contributed by atoms with Gasteiger partial charge in [0.2, 0.25) is 0 Å². The molecule has 4 nitrogen and oxygen atoms in total. The van der Waals surface area contributed by atoms with Gasteiger partial charge in [0, 0.05) is 6.54 Å². The van der Waals surface area contributed by atoms with E-state index < -0.39 is 0 Å². The molecule has 2 N–H and O–H groups in total. The van der Waals surface area contributed by atoms with Crippen molar-refractivity contribution in [1.29, 1.82) is 0 Å². The molecule has 0 fully saturated rings. The summed E-state index contributed by atoms with van der Waals surface area (Å²) in [5, 5.41) is 1.84. The van der Waals surface area contributed by atoms with Crippen molar-refractivity contribution in [2.45, 2.75) is 6.92 Å². The Bertz CT molecular complexity index is 580. The van der Waals surface area contributed by atoms with Crippen molar-refractivity contribution in [1.82, 2.24) is 0 Å². The maximum Gasteiger partial charge on any atom is 0.272 e. The third kappa shape index (κ3) is 2.56. The fourth-order valence-electron chi connectivity index (χ4n) is 1.89.